The number of hydrogen-bond donors (Lipinski definition) is 2. The van der Waals surface area contributed by atoms with Gasteiger partial charge in [-0.05, 0) is 55.8 Å². The number of thiophene rings is 1. The highest BCUT2D eigenvalue weighted by Gasteiger charge is 2.53. The summed E-state index contributed by atoms with van der Waals surface area (Å²) in [6, 6.07) is 2.24. The van der Waals surface area contributed by atoms with Gasteiger partial charge >= 0.3 is 0 Å². The largest absolute Gasteiger partial charge is 0.397 e. The highest BCUT2D eigenvalue weighted by atomic mass is 32.1. The molecule has 1 aromatic rings. The third kappa shape index (κ3) is 1.92. The van der Waals surface area contributed by atoms with Crippen molar-refractivity contribution in [1.82, 2.24) is 0 Å². The fourth-order valence-electron chi connectivity index (χ4n) is 3.29. The van der Waals surface area contributed by atoms with E-state index in [2.05, 4.69) is 11.4 Å². The quantitative estimate of drug-likeness (QED) is 0.860. The lowest BCUT2D eigenvalue weighted by Gasteiger charge is -2.16. The topological polar surface area (TPSA) is 61.8 Å². The van der Waals surface area contributed by atoms with E-state index in [0.717, 1.165) is 18.2 Å². The summed E-state index contributed by atoms with van der Waals surface area (Å²) in [6.45, 7) is 1.09. The van der Waals surface area contributed by atoms with E-state index in [-0.39, 0.29) is 0 Å². The SMILES string of the molecule is N#Cc1sc(NCC2(C3CC3)CC2)c(C2CC2)c1N. The number of nitrogen functional groups attached to an aromatic ring is 1. The molecule has 1 heterocycles. The molecule has 19 heavy (non-hydrogen) atoms. The first-order valence-electron chi connectivity index (χ1n) is 7.30. The predicted molar refractivity (Wildman–Crippen MR) is 78.3 cm³/mol. The molecule has 3 saturated carbocycles. The monoisotopic (exact) mass is 273 g/mol. The van der Waals surface area contributed by atoms with Crippen LogP contribution in [0.25, 0.3) is 0 Å². The number of nitrogens with one attached hydrogen (secondary N) is 1. The first-order chi connectivity index (χ1) is 9.23. The lowest BCUT2D eigenvalue weighted by atomic mass is 10.0. The summed E-state index contributed by atoms with van der Waals surface area (Å²) in [5.74, 6) is 1.58. The summed E-state index contributed by atoms with van der Waals surface area (Å²) >= 11 is 1.56. The van der Waals surface area contributed by atoms with Gasteiger partial charge in [0.25, 0.3) is 0 Å². The van der Waals surface area contributed by atoms with Crippen LogP contribution in [0.15, 0.2) is 0 Å². The van der Waals surface area contributed by atoms with Gasteiger partial charge < -0.3 is 11.1 Å². The molecule has 0 saturated heterocycles. The van der Waals surface area contributed by atoms with Crippen molar-refractivity contribution in [2.45, 2.75) is 44.4 Å². The van der Waals surface area contributed by atoms with Crippen molar-refractivity contribution in [1.29, 1.82) is 5.26 Å². The molecule has 4 rings (SSSR count). The summed E-state index contributed by atoms with van der Waals surface area (Å²) in [5, 5.41) is 14.0. The fraction of sp³-hybridized carbons (Fsp3) is 0.667. The molecule has 100 valence electrons. The Morgan fingerprint density at radius 3 is 2.58 bits per heavy atom. The molecule has 0 bridgehead atoms. The van der Waals surface area contributed by atoms with Crippen LogP contribution < -0.4 is 11.1 Å². The Balaban J connectivity index is 1.55. The van der Waals surface area contributed by atoms with E-state index in [1.807, 2.05) is 0 Å². The van der Waals surface area contributed by atoms with Crippen molar-refractivity contribution in [2.75, 3.05) is 17.6 Å². The maximum absolute atomic E-state index is 9.15. The van der Waals surface area contributed by atoms with Gasteiger partial charge in [-0.15, -0.1) is 11.3 Å². The maximum Gasteiger partial charge on any atom is 0.130 e. The molecular formula is C15H19N3S. The Morgan fingerprint density at radius 2 is 2.05 bits per heavy atom. The van der Waals surface area contributed by atoms with Crippen LogP contribution in [0.5, 0.6) is 0 Å². The van der Waals surface area contributed by atoms with Crippen molar-refractivity contribution in [3.63, 3.8) is 0 Å². The van der Waals surface area contributed by atoms with Crippen LogP contribution in [0.2, 0.25) is 0 Å². The summed E-state index contributed by atoms with van der Waals surface area (Å²) in [7, 11) is 0. The third-order valence-electron chi connectivity index (χ3n) is 5.01. The number of nitrogens with two attached hydrogens (primary N) is 1. The third-order valence-corrected chi connectivity index (χ3v) is 6.09. The van der Waals surface area contributed by atoms with E-state index in [9.17, 15) is 0 Å². The molecule has 1 aromatic heterocycles. The molecule has 4 heteroatoms. The molecule has 0 radical (unpaired) electrons. The fourth-order valence-corrected chi connectivity index (χ4v) is 4.29. The Bertz CT molecular complexity index is 557. The van der Waals surface area contributed by atoms with E-state index in [1.54, 1.807) is 11.3 Å². The van der Waals surface area contributed by atoms with Gasteiger partial charge in [0, 0.05) is 12.1 Å². The first-order valence-corrected chi connectivity index (χ1v) is 8.11. The average molecular weight is 273 g/mol. The number of nitriles is 1. The van der Waals surface area contributed by atoms with Crippen LogP contribution in [-0.2, 0) is 0 Å². The highest BCUT2D eigenvalue weighted by Crippen LogP contribution is 2.61. The predicted octanol–water partition coefficient (Wildman–Crippen LogP) is 3.68. The molecule has 0 unspecified atom stereocenters. The van der Waals surface area contributed by atoms with Gasteiger partial charge in [-0.3, -0.25) is 0 Å². The normalized spacial score (nSPS) is 23.9. The van der Waals surface area contributed by atoms with Gasteiger partial charge in [-0.1, -0.05) is 0 Å². The summed E-state index contributed by atoms with van der Waals surface area (Å²) < 4.78 is 0. The molecular weight excluding hydrogens is 254 g/mol. The Kier molecular flexibility index (Phi) is 2.38. The van der Waals surface area contributed by atoms with Gasteiger partial charge in [0.1, 0.15) is 10.9 Å². The van der Waals surface area contributed by atoms with E-state index < -0.39 is 0 Å². The van der Waals surface area contributed by atoms with Crippen molar-refractivity contribution in [3.8, 4) is 6.07 Å². The number of nitrogens with zero attached hydrogens (tertiary/aromatic N) is 1. The van der Waals surface area contributed by atoms with Gasteiger partial charge in [-0.2, -0.15) is 5.26 Å². The minimum absolute atomic E-state index is 0.590. The zero-order chi connectivity index (χ0) is 13.0. The molecule has 3 aliphatic rings. The van der Waals surface area contributed by atoms with Crippen molar-refractivity contribution in [2.24, 2.45) is 11.3 Å². The zero-order valence-corrected chi connectivity index (χ0v) is 11.9. The second-order valence-electron chi connectivity index (χ2n) is 6.46. The van der Waals surface area contributed by atoms with Crippen molar-refractivity contribution >= 4 is 22.0 Å². The maximum atomic E-state index is 9.15. The molecule has 3 N–H and O–H groups in total. The van der Waals surface area contributed by atoms with E-state index in [1.165, 1.54) is 49.1 Å². The van der Waals surface area contributed by atoms with Crippen LogP contribution in [0.3, 0.4) is 0 Å². The second-order valence-corrected chi connectivity index (χ2v) is 7.48. The average Bonchev–Trinajstić information content (AvgIpc) is 3.26. The minimum atomic E-state index is 0.590. The van der Waals surface area contributed by atoms with E-state index in [0.29, 0.717) is 16.2 Å². The van der Waals surface area contributed by atoms with Crippen LogP contribution in [0.1, 0.15) is 54.9 Å². The van der Waals surface area contributed by atoms with Crippen LogP contribution >= 0.6 is 11.3 Å². The molecule has 0 aromatic carbocycles. The smallest absolute Gasteiger partial charge is 0.130 e. The van der Waals surface area contributed by atoms with Gasteiger partial charge in [0.2, 0.25) is 0 Å². The Labute approximate surface area is 117 Å². The summed E-state index contributed by atoms with van der Waals surface area (Å²) in [5.41, 5.74) is 8.71. The van der Waals surface area contributed by atoms with Gasteiger partial charge in [-0.25, -0.2) is 0 Å². The van der Waals surface area contributed by atoms with Gasteiger partial charge in [0.05, 0.1) is 10.7 Å². The van der Waals surface area contributed by atoms with Crippen LogP contribution in [0, 0.1) is 22.7 Å². The Hall–Kier alpha value is -1.21. The first kappa shape index (κ1) is 11.6. The second kappa shape index (κ2) is 3.89. The molecule has 3 nitrogen and oxygen atoms in total. The standard InChI is InChI=1S/C15H19N3S/c16-7-11-13(17)12(9-1-2-9)14(19-11)18-8-15(5-6-15)10-3-4-10/h9-10,18H,1-6,8,17H2. The summed E-state index contributed by atoms with van der Waals surface area (Å²) in [4.78, 5) is 0.695. The van der Waals surface area contributed by atoms with E-state index in [4.69, 9.17) is 11.0 Å². The molecule has 0 aliphatic heterocycles. The number of anilines is 2. The van der Waals surface area contributed by atoms with Crippen LogP contribution in [0.4, 0.5) is 10.7 Å². The summed E-state index contributed by atoms with van der Waals surface area (Å²) in [6.07, 6.45) is 8.08. The molecule has 0 atom stereocenters. The van der Waals surface area contributed by atoms with Crippen molar-refractivity contribution in [3.05, 3.63) is 10.4 Å². The molecule has 0 amide bonds. The van der Waals surface area contributed by atoms with Crippen LogP contribution in [-0.4, -0.2) is 6.54 Å². The highest BCUT2D eigenvalue weighted by molar-refractivity contribution is 7.17. The van der Waals surface area contributed by atoms with Gasteiger partial charge in [0.15, 0.2) is 0 Å². The number of rotatable bonds is 5. The molecule has 0 spiro atoms. The lowest BCUT2D eigenvalue weighted by Crippen LogP contribution is -2.17. The zero-order valence-electron chi connectivity index (χ0n) is 11.0. The van der Waals surface area contributed by atoms with Crippen molar-refractivity contribution < 1.29 is 0 Å². The number of hydrogen-bond acceptors (Lipinski definition) is 4. The van der Waals surface area contributed by atoms with E-state index >= 15 is 0 Å². The lowest BCUT2D eigenvalue weighted by molar-refractivity contribution is 0.467. The minimum Gasteiger partial charge on any atom is -0.397 e. The Morgan fingerprint density at radius 1 is 1.32 bits per heavy atom. The molecule has 3 fully saturated rings. The molecule has 3 aliphatic carbocycles.